The van der Waals surface area contributed by atoms with Gasteiger partial charge in [-0.2, -0.15) is 0 Å². The summed E-state index contributed by atoms with van der Waals surface area (Å²) in [5.41, 5.74) is 2.85. The molecule has 18 heavy (non-hydrogen) atoms. The zero-order valence-electron chi connectivity index (χ0n) is 11.7. The lowest BCUT2D eigenvalue weighted by Gasteiger charge is -2.34. The molecule has 1 heterocycles. The second kappa shape index (κ2) is 7.75. The summed E-state index contributed by atoms with van der Waals surface area (Å²) in [5.74, 6) is 0. The van der Waals surface area contributed by atoms with E-state index >= 15 is 0 Å². The molecule has 1 aliphatic heterocycles. The van der Waals surface area contributed by atoms with Crippen molar-refractivity contribution in [3.63, 3.8) is 0 Å². The van der Waals surface area contributed by atoms with Gasteiger partial charge in [0.25, 0.3) is 0 Å². The second-order valence-corrected chi connectivity index (χ2v) is 4.63. The van der Waals surface area contributed by atoms with Crippen LogP contribution in [0.5, 0.6) is 0 Å². The molecule has 1 nitrogen and oxygen atoms in total. The van der Waals surface area contributed by atoms with Crippen LogP contribution in [0.1, 0.15) is 37.8 Å². The molecule has 0 amide bonds. The monoisotopic (exact) mass is 243 g/mol. The maximum absolute atomic E-state index is 3.87. The van der Waals surface area contributed by atoms with Crippen molar-refractivity contribution in [1.82, 2.24) is 4.90 Å². The van der Waals surface area contributed by atoms with Crippen LogP contribution in [0.2, 0.25) is 0 Å². The van der Waals surface area contributed by atoms with Gasteiger partial charge in [0, 0.05) is 6.54 Å². The molecule has 0 N–H and O–H groups in total. The highest BCUT2D eigenvalue weighted by atomic mass is 15.1. The van der Waals surface area contributed by atoms with Crippen molar-refractivity contribution in [3.05, 3.63) is 60.8 Å². The van der Waals surface area contributed by atoms with E-state index in [2.05, 4.69) is 56.2 Å². The molecule has 0 aromatic heterocycles. The standard InChI is InChI=1S/C13H15N.C4H10/c1-3-13-9-11-7-5-6-8-12(11)10-14(13)4-2;1-3-4-2/h3-8,13H,1-2,9-10H2;3-4H2,1-2H3. The first-order valence-electron chi connectivity index (χ1n) is 6.84. The van der Waals surface area contributed by atoms with Gasteiger partial charge in [-0.1, -0.05) is 63.6 Å². The van der Waals surface area contributed by atoms with E-state index in [1.54, 1.807) is 0 Å². The normalized spacial score (nSPS) is 17.2. The summed E-state index contributed by atoms with van der Waals surface area (Å²) in [7, 11) is 0. The van der Waals surface area contributed by atoms with Gasteiger partial charge in [-0.05, 0) is 23.7 Å². The molecule has 0 saturated carbocycles. The molecular formula is C17H25N. The summed E-state index contributed by atoms with van der Waals surface area (Å²) in [6.45, 7) is 13.0. The van der Waals surface area contributed by atoms with Gasteiger partial charge >= 0.3 is 0 Å². The van der Waals surface area contributed by atoms with Gasteiger partial charge < -0.3 is 4.90 Å². The first-order valence-corrected chi connectivity index (χ1v) is 6.84. The van der Waals surface area contributed by atoms with Crippen LogP contribution in [0.15, 0.2) is 49.7 Å². The van der Waals surface area contributed by atoms with Gasteiger partial charge in [0.2, 0.25) is 0 Å². The third kappa shape index (κ3) is 3.76. The largest absolute Gasteiger partial charge is 0.367 e. The molecule has 1 unspecified atom stereocenters. The number of fused-ring (bicyclic) bond motifs is 1. The Bertz CT molecular complexity index is 344. The van der Waals surface area contributed by atoms with E-state index < -0.39 is 0 Å². The Kier molecular flexibility index (Phi) is 6.27. The van der Waals surface area contributed by atoms with Crippen molar-refractivity contribution in [2.24, 2.45) is 0 Å². The van der Waals surface area contributed by atoms with Gasteiger partial charge in [0.1, 0.15) is 0 Å². The molecule has 1 heteroatoms. The van der Waals surface area contributed by atoms with Crippen molar-refractivity contribution in [1.29, 1.82) is 0 Å². The minimum absolute atomic E-state index is 0.405. The minimum Gasteiger partial charge on any atom is -0.367 e. The van der Waals surface area contributed by atoms with Gasteiger partial charge in [-0.15, -0.1) is 6.58 Å². The zero-order valence-corrected chi connectivity index (χ0v) is 11.7. The third-order valence-electron chi connectivity index (χ3n) is 3.33. The second-order valence-electron chi connectivity index (χ2n) is 4.63. The molecule has 1 aromatic carbocycles. The summed E-state index contributed by atoms with van der Waals surface area (Å²) in [6, 6.07) is 8.98. The number of unbranched alkanes of at least 4 members (excludes halogenated alkanes) is 1. The van der Waals surface area contributed by atoms with E-state index in [0.717, 1.165) is 13.0 Å². The third-order valence-corrected chi connectivity index (χ3v) is 3.33. The smallest absolute Gasteiger partial charge is 0.0508 e. The highest BCUT2D eigenvalue weighted by molar-refractivity contribution is 5.31. The van der Waals surface area contributed by atoms with E-state index in [1.165, 1.54) is 24.0 Å². The van der Waals surface area contributed by atoms with Gasteiger partial charge in [0.05, 0.1) is 6.04 Å². The molecule has 0 radical (unpaired) electrons. The van der Waals surface area contributed by atoms with E-state index in [4.69, 9.17) is 0 Å². The van der Waals surface area contributed by atoms with Crippen LogP contribution in [0.3, 0.4) is 0 Å². The summed E-state index contributed by atoms with van der Waals surface area (Å²) >= 11 is 0. The Morgan fingerprint density at radius 1 is 1.17 bits per heavy atom. The predicted octanol–water partition coefficient (Wildman–Crippen LogP) is 4.55. The van der Waals surface area contributed by atoms with Crippen LogP contribution >= 0.6 is 0 Å². The fraction of sp³-hybridized carbons (Fsp3) is 0.412. The highest BCUT2D eigenvalue weighted by Gasteiger charge is 2.20. The van der Waals surface area contributed by atoms with Gasteiger partial charge in [0.15, 0.2) is 0 Å². The Morgan fingerprint density at radius 2 is 1.78 bits per heavy atom. The molecule has 1 atom stereocenters. The summed E-state index contributed by atoms with van der Waals surface area (Å²) in [5, 5.41) is 0. The molecule has 0 spiro atoms. The van der Waals surface area contributed by atoms with Crippen molar-refractivity contribution in [2.75, 3.05) is 0 Å². The van der Waals surface area contributed by atoms with Crippen molar-refractivity contribution in [3.8, 4) is 0 Å². The zero-order chi connectivity index (χ0) is 13.4. The maximum Gasteiger partial charge on any atom is 0.0508 e. The Morgan fingerprint density at radius 3 is 2.28 bits per heavy atom. The lowest BCUT2D eigenvalue weighted by atomic mass is 9.94. The number of hydrogen-bond acceptors (Lipinski definition) is 1. The molecular weight excluding hydrogens is 218 g/mol. The predicted molar refractivity (Wildman–Crippen MR) is 80.5 cm³/mol. The fourth-order valence-electron chi connectivity index (χ4n) is 1.99. The topological polar surface area (TPSA) is 3.24 Å². The molecule has 0 fully saturated rings. The van der Waals surface area contributed by atoms with Crippen LogP contribution in [0.4, 0.5) is 0 Å². The van der Waals surface area contributed by atoms with E-state index in [1.807, 2.05) is 12.3 Å². The van der Waals surface area contributed by atoms with Gasteiger partial charge in [-0.3, -0.25) is 0 Å². The summed E-state index contributed by atoms with van der Waals surface area (Å²) < 4.78 is 0. The van der Waals surface area contributed by atoms with Crippen LogP contribution in [0, 0.1) is 0 Å². The van der Waals surface area contributed by atoms with Crippen LogP contribution < -0.4 is 0 Å². The maximum atomic E-state index is 3.87. The first-order chi connectivity index (χ1) is 8.76. The Labute approximate surface area is 112 Å². The molecule has 0 saturated heterocycles. The van der Waals surface area contributed by atoms with Gasteiger partial charge in [-0.25, -0.2) is 0 Å². The first kappa shape index (κ1) is 14.6. The van der Waals surface area contributed by atoms with E-state index in [0.29, 0.717) is 6.04 Å². The van der Waals surface area contributed by atoms with Crippen LogP contribution in [-0.2, 0) is 13.0 Å². The Balaban J connectivity index is 0.000000357. The highest BCUT2D eigenvalue weighted by Crippen LogP contribution is 2.23. The SMILES string of the molecule is C=CC1Cc2ccccc2CN1C=C.CCCC. The van der Waals surface area contributed by atoms with Crippen molar-refractivity contribution in [2.45, 2.75) is 45.7 Å². The van der Waals surface area contributed by atoms with Crippen molar-refractivity contribution >= 4 is 0 Å². The molecule has 2 rings (SSSR count). The lowest BCUT2D eigenvalue weighted by molar-refractivity contribution is 0.291. The summed E-state index contributed by atoms with van der Waals surface area (Å²) in [4.78, 5) is 2.23. The molecule has 0 aliphatic carbocycles. The van der Waals surface area contributed by atoms with E-state index in [9.17, 15) is 0 Å². The lowest BCUT2D eigenvalue weighted by Crippen LogP contribution is -2.34. The van der Waals surface area contributed by atoms with E-state index in [-0.39, 0.29) is 0 Å². The molecule has 1 aliphatic rings. The molecule has 0 bridgehead atoms. The number of hydrogen-bond donors (Lipinski definition) is 0. The Hall–Kier alpha value is -1.50. The molecule has 1 aromatic rings. The average molecular weight is 243 g/mol. The average Bonchev–Trinajstić information content (AvgIpc) is 2.45. The van der Waals surface area contributed by atoms with Crippen molar-refractivity contribution < 1.29 is 0 Å². The number of nitrogens with zero attached hydrogens (tertiary/aromatic N) is 1. The van der Waals surface area contributed by atoms with Crippen LogP contribution in [-0.4, -0.2) is 10.9 Å². The minimum atomic E-state index is 0.405. The number of benzene rings is 1. The fourth-order valence-corrected chi connectivity index (χ4v) is 1.99. The number of rotatable bonds is 3. The molecule has 98 valence electrons. The quantitative estimate of drug-likeness (QED) is 0.704. The summed E-state index contributed by atoms with van der Waals surface area (Å²) in [6.07, 6.45) is 7.59. The van der Waals surface area contributed by atoms with Crippen LogP contribution in [0.25, 0.3) is 0 Å².